The van der Waals surface area contributed by atoms with E-state index in [1.807, 2.05) is 19.4 Å². The van der Waals surface area contributed by atoms with Crippen molar-refractivity contribution >= 4 is 5.82 Å². The van der Waals surface area contributed by atoms with Crippen molar-refractivity contribution in [2.24, 2.45) is 0 Å². The average molecular weight is 316 g/mol. The van der Waals surface area contributed by atoms with E-state index in [4.69, 9.17) is 4.74 Å². The van der Waals surface area contributed by atoms with Crippen molar-refractivity contribution in [3.63, 3.8) is 0 Å². The van der Waals surface area contributed by atoms with Crippen LogP contribution in [0.3, 0.4) is 0 Å². The summed E-state index contributed by atoms with van der Waals surface area (Å²) in [4.78, 5) is 15.6. The van der Waals surface area contributed by atoms with Crippen molar-refractivity contribution in [3.05, 3.63) is 36.3 Å². The minimum Gasteiger partial charge on any atom is -0.372 e. The fourth-order valence-electron chi connectivity index (χ4n) is 2.93. The molecule has 0 unspecified atom stereocenters. The lowest BCUT2D eigenvalue weighted by atomic mass is 10.2. The minimum absolute atomic E-state index is 0.0673. The van der Waals surface area contributed by atoms with E-state index in [1.165, 1.54) is 0 Å². The standard InChI is InChI=1S/C16H24N6O/c1-12(2)22-7-6-18-14(22)11-21-8-9-23-13(10-21)15-16(17-3)20-5-4-19-15/h4-7,12-13H,8-11H2,1-3H3,(H,17,20)/t13-/m1/s1. The second-order valence-electron chi connectivity index (χ2n) is 5.98. The fraction of sp³-hybridized carbons (Fsp3) is 0.562. The molecule has 7 heteroatoms. The van der Waals surface area contributed by atoms with Gasteiger partial charge in [-0.25, -0.2) is 9.97 Å². The Hall–Kier alpha value is -1.99. The number of aromatic nitrogens is 4. The minimum atomic E-state index is -0.0673. The van der Waals surface area contributed by atoms with Crippen molar-refractivity contribution < 1.29 is 4.74 Å². The Bertz CT molecular complexity index is 641. The highest BCUT2D eigenvalue weighted by Crippen LogP contribution is 2.25. The molecule has 2 aromatic rings. The molecule has 0 radical (unpaired) electrons. The monoisotopic (exact) mass is 316 g/mol. The third kappa shape index (κ3) is 3.51. The molecule has 3 rings (SSSR count). The maximum absolute atomic E-state index is 5.92. The molecule has 1 aliphatic heterocycles. The van der Waals surface area contributed by atoms with Gasteiger partial charge in [0, 0.05) is 51.0 Å². The highest BCUT2D eigenvalue weighted by molar-refractivity contribution is 5.40. The second kappa shape index (κ2) is 7.06. The zero-order valence-electron chi connectivity index (χ0n) is 13.9. The Morgan fingerprint density at radius 3 is 2.87 bits per heavy atom. The largest absolute Gasteiger partial charge is 0.372 e. The van der Waals surface area contributed by atoms with E-state index < -0.39 is 0 Å². The zero-order valence-corrected chi connectivity index (χ0v) is 13.9. The Morgan fingerprint density at radius 1 is 1.26 bits per heavy atom. The third-order valence-corrected chi connectivity index (χ3v) is 4.09. The molecular formula is C16H24N6O. The van der Waals surface area contributed by atoms with Gasteiger partial charge < -0.3 is 14.6 Å². The summed E-state index contributed by atoms with van der Waals surface area (Å²) in [5, 5.41) is 3.09. The topological polar surface area (TPSA) is 68.1 Å². The van der Waals surface area contributed by atoms with Crippen LogP contribution >= 0.6 is 0 Å². The molecule has 1 saturated heterocycles. The van der Waals surface area contributed by atoms with Gasteiger partial charge in [0.2, 0.25) is 0 Å². The molecule has 0 saturated carbocycles. The number of imidazole rings is 1. The van der Waals surface area contributed by atoms with E-state index in [-0.39, 0.29) is 6.10 Å². The highest BCUT2D eigenvalue weighted by Gasteiger charge is 2.26. The van der Waals surface area contributed by atoms with Crippen LogP contribution in [0.2, 0.25) is 0 Å². The number of hydrogen-bond acceptors (Lipinski definition) is 6. The first-order valence-electron chi connectivity index (χ1n) is 8.03. The van der Waals surface area contributed by atoms with Gasteiger partial charge in [0.1, 0.15) is 23.4 Å². The van der Waals surface area contributed by atoms with Crippen LogP contribution in [0.15, 0.2) is 24.8 Å². The molecule has 0 spiro atoms. The summed E-state index contributed by atoms with van der Waals surface area (Å²) in [6.45, 7) is 7.54. The van der Waals surface area contributed by atoms with Crippen LogP contribution in [0.1, 0.15) is 37.5 Å². The van der Waals surface area contributed by atoms with Crippen molar-refractivity contribution in [1.82, 2.24) is 24.4 Å². The summed E-state index contributed by atoms with van der Waals surface area (Å²) in [6.07, 6.45) is 7.25. The van der Waals surface area contributed by atoms with Gasteiger partial charge in [0.05, 0.1) is 13.2 Å². The maximum Gasteiger partial charge on any atom is 0.150 e. The van der Waals surface area contributed by atoms with E-state index in [2.05, 4.69) is 43.6 Å². The first-order chi connectivity index (χ1) is 11.2. The van der Waals surface area contributed by atoms with Crippen molar-refractivity contribution in [2.75, 3.05) is 32.1 Å². The SMILES string of the molecule is CNc1nccnc1[C@H]1CN(Cc2nccn2C(C)C)CCO1. The van der Waals surface area contributed by atoms with Crippen molar-refractivity contribution in [1.29, 1.82) is 0 Å². The predicted molar refractivity (Wildman–Crippen MR) is 88.2 cm³/mol. The number of morpholine rings is 1. The van der Waals surface area contributed by atoms with Crippen LogP contribution in [0, 0.1) is 0 Å². The van der Waals surface area contributed by atoms with Gasteiger partial charge in [0.15, 0.2) is 0 Å². The molecule has 124 valence electrons. The van der Waals surface area contributed by atoms with Gasteiger partial charge in [-0.05, 0) is 13.8 Å². The lowest BCUT2D eigenvalue weighted by molar-refractivity contribution is -0.0358. The van der Waals surface area contributed by atoms with E-state index >= 15 is 0 Å². The predicted octanol–water partition coefficient (Wildman–Crippen LogP) is 1.87. The molecule has 23 heavy (non-hydrogen) atoms. The Labute approximate surface area is 136 Å². The quantitative estimate of drug-likeness (QED) is 0.908. The van der Waals surface area contributed by atoms with Gasteiger partial charge in [-0.2, -0.15) is 0 Å². The number of nitrogens with zero attached hydrogens (tertiary/aromatic N) is 5. The first-order valence-corrected chi connectivity index (χ1v) is 8.03. The van der Waals surface area contributed by atoms with Crippen LogP contribution in [0.5, 0.6) is 0 Å². The summed E-state index contributed by atoms with van der Waals surface area (Å²) in [5.41, 5.74) is 0.868. The van der Waals surface area contributed by atoms with E-state index in [0.29, 0.717) is 12.6 Å². The number of anilines is 1. The maximum atomic E-state index is 5.92. The highest BCUT2D eigenvalue weighted by atomic mass is 16.5. The molecule has 0 aromatic carbocycles. The summed E-state index contributed by atoms with van der Waals surface area (Å²) in [5.74, 6) is 1.87. The van der Waals surface area contributed by atoms with Crippen LogP contribution in [-0.4, -0.2) is 51.2 Å². The molecule has 0 bridgehead atoms. The summed E-state index contributed by atoms with van der Waals surface area (Å²) >= 11 is 0. The summed E-state index contributed by atoms with van der Waals surface area (Å²) in [6, 6.07) is 0.417. The van der Waals surface area contributed by atoms with Gasteiger partial charge in [-0.3, -0.25) is 9.88 Å². The van der Waals surface area contributed by atoms with E-state index in [1.54, 1.807) is 12.4 Å². The number of hydrogen-bond donors (Lipinski definition) is 1. The molecule has 1 aliphatic rings. The molecular weight excluding hydrogens is 292 g/mol. The molecule has 1 N–H and O–H groups in total. The van der Waals surface area contributed by atoms with Gasteiger partial charge in [-0.1, -0.05) is 0 Å². The lowest BCUT2D eigenvalue weighted by Gasteiger charge is -2.33. The second-order valence-corrected chi connectivity index (χ2v) is 5.98. The molecule has 0 aliphatic carbocycles. The molecule has 7 nitrogen and oxygen atoms in total. The Balaban J connectivity index is 1.72. The van der Waals surface area contributed by atoms with E-state index in [0.717, 1.165) is 37.0 Å². The first kappa shape index (κ1) is 15.9. The van der Waals surface area contributed by atoms with Crippen LogP contribution in [0.4, 0.5) is 5.82 Å². The number of ether oxygens (including phenoxy) is 1. The van der Waals surface area contributed by atoms with Gasteiger partial charge in [0.25, 0.3) is 0 Å². The van der Waals surface area contributed by atoms with Gasteiger partial charge in [-0.15, -0.1) is 0 Å². The molecule has 0 amide bonds. The lowest BCUT2D eigenvalue weighted by Crippen LogP contribution is -2.39. The Morgan fingerprint density at radius 2 is 2.09 bits per heavy atom. The Kier molecular flexibility index (Phi) is 4.88. The smallest absolute Gasteiger partial charge is 0.150 e. The fourth-order valence-corrected chi connectivity index (χ4v) is 2.93. The van der Waals surface area contributed by atoms with E-state index in [9.17, 15) is 0 Å². The normalized spacial score (nSPS) is 19.2. The number of nitrogens with one attached hydrogen (secondary N) is 1. The third-order valence-electron chi connectivity index (χ3n) is 4.09. The summed E-state index contributed by atoms with van der Waals surface area (Å²) in [7, 11) is 1.85. The molecule has 3 heterocycles. The van der Waals surface area contributed by atoms with Crippen LogP contribution in [0.25, 0.3) is 0 Å². The van der Waals surface area contributed by atoms with Gasteiger partial charge >= 0.3 is 0 Å². The van der Waals surface area contributed by atoms with Crippen molar-refractivity contribution in [3.8, 4) is 0 Å². The molecule has 2 aromatic heterocycles. The molecule has 1 fully saturated rings. The van der Waals surface area contributed by atoms with Crippen molar-refractivity contribution in [2.45, 2.75) is 32.5 Å². The zero-order chi connectivity index (χ0) is 16.2. The number of rotatable bonds is 5. The average Bonchev–Trinajstić information content (AvgIpc) is 3.03. The summed E-state index contributed by atoms with van der Waals surface area (Å²) < 4.78 is 8.14. The van der Waals surface area contributed by atoms with Crippen LogP contribution in [-0.2, 0) is 11.3 Å². The molecule has 1 atom stereocenters. The van der Waals surface area contributed by atoms with Crippen LogP contribution < -0.4 is 5.32 Å².